The Kier molecular flexibility index (Phi) is 9.17. The number of nitrogens with zero attached hydrogens (tertiary/aromatic N) is 1. The van der Waals surface area contributed by atoms with Gasteiger partial charge in [0, 0.05) is 31.1 Å². The summed E-state index contributed by atoms with van der Waals surface area (Å²) in [5.74, 6) is -1.88. The number of hydrogen-bond acceptors (Lipinski definition) is 4. The third-order valence-electron chi connectivity index (χ3n) is 5.27. The van der Waals surface area contributed by atoms with Crippen molar-refractivity contribution < 1.29 is 33.0 Å². The number of hydrogen-bond donors (Lipinski definition) is 1. The van der Waals surface area contributed by atoms with Gasteiger partial charge in [-0.2, -0.15) is 0 Å². The summed E-state index contributed by atoms with van der Waals surface area (Å²) in [6.07, 6.45) is 1.24. The van der Waals surface area contributed by atoms with Crippen LogP contribution < -0.4 is 9.47 Å². The molecule has 3 rings (SSSR count). The third kappa shape index (κ3) is 7.53. The quantitative estimate of drug-likeness (QED) is 0.388. The number of benzene rings is 3. The highest BCUT2D eigenvalue weighted by Crippen LogP contribution is 2.19. The highest BCUT2D eigenvalue weighted by Gasteiger charge is 2.16. The van der Waals surface area contributed by atoms with E-state index in [1.54, 1.807) is 30.3 Å². The van der Waals surface area contributed by atoms with E-state index in [1.165, 1.54) is 23.1 Å². The molecule has 0 saturated heterocycles. The number of halogens is 2. The zero-order valence-corrected chi connectivity index (χ0v) is 19.4. The van der Waals surface area contributed by atoms with Crippen molar-refractivity contribution >= 4 is 11.9 Å². The van der Waals surface area contributed by atoms with Gasteiger partial charge in [0.15, 0.2) is 6.61 Å². The summed E-state index contributed by atoms with van der Waals surface area (Å²) in [7, 11) is 0. The minimum Gasteiger partial charge on any atom is -0.492 e. The molecule has 0 aliphatic carbocycles. The maximum atomic E-state index is 14.0. The van der Waals surface area contributed by atoms with E-state index in [9.17, 15) is 23.5 Å². The molecule has 35 heavy (non-hydrogen) atoms. The standard InChI is InChI=1S/C27H27F2NO5/c1-2-14-30(17-20-9-10-21(28)16-24(20)29)26(31)18-35-22-11-7-19(8-12-22)13-15-34-25-6-4-3-5-23(25)27(32)33/h3-12,16H,2,13-15,17-18H2,1H3,(H,32,33). The van der Waals surface area contributed by atoms with Crippen molar-refractivity contribution in [2.45, 2.75) is 26.3 Å². The van der Waals surface area contributed by atoms with Crippen LogP contribution in [0.15, 0.2) is 66.7 Å². The topological polar surface area (TPSA) is 76.1 Å². The Hall–Kier alpha value is -3.94. The van der Waals surface area contributed by atoms with Crippen molar-refractivity contribution in [3.05, 3.63) is 95.1 Å². The average Bonchev–Trinajstić information content (AvgIpc) is 2.84. The van der Waals surface area contributed by atoms with E-state index in [0.29, 0.717) is 37.5 Å². The SMILES string of the molecule is CCCN(Cc1ccc(F)cc1F)C(=O)COc1ccc(CCOc2ccccc2C(=O)O)cc1. The summed E-state index contributed by atoms with van der Waals surface area (Å²) in [5, 5.41) is 9.21. The van der Waals surface area contributed by atoms with Gasteiger partial charge >= 0.3 is 5.97 Å². The number of aromatic carboxylic acids is 1. The van der Waals surface area contributed by atoms with E-state index in [0.717, 1.165) is 11.6 Å². The number of para-hydroxylation sites is 1. The van der Waals surface area contributed by atoms with Crippen molar-refractivity contribution in [3.8, 4) is 11.5 Å². The molecule has 3 aromatic rings. The molecule has 1 amide bonds. The van der Waals surface area contributed by atoms with Crippen molar-refractivity contribution in [2.75, 3.05) is 19.8 Å². The van der Waals surface area contributed by atoms with Crippen LogP contribution >= 0.6 is 0 Å². The second kappa shape index (κ2) is 12.5. The number of carbonyl (C=O) groups excluding carboxylic acids is 1. The number of amides is 1. The fraction of sp³-hybridized carbons (Fsp3) is 0.259. The van der Waals surface area contributed by atoms with Crippen LogP contribution in [0.25, 0.3) is 0 Å². The molecule has 3 aromatic carbocycles. The fourth-order valence-electron chi connectivity index (χ4n) is 3.45. The summed E-state index contributed by atoms with van der Waals surface area (Å²) in [4.78, 5) is 25.4. The van der Waals surface area contributed by atoms with E-state index in [-0.39, 0.29) is 30.2 Å². The molecule has 0 heterocycles. The highest BCUT2D eigenvalue weighted by atomic mass is 19.1. The summed E-state index contributed by atoms with van der Waals surface area (Å²) >= 11 is 0. The Morgan fingerprint density at radius 2 is 1.71 bits per heavy atom. The lowest BCUT2D eigenvalue weighted by atomic mass is 10.1. The molecule has 0 radical (unpaired) electrons. The Morgan fingerprint density at radius 1 is 0.971 bits per heavy atom. The molecule has 1 N–H and O–H groups in total. The van der Waals surface area contributed by atoms with Crippen molar-refractivity contribution in [1.82, 2.24) is 4.90 Å². The predicted molar refractivity (Wildman–Crippen MR) is 127 cm³/mol. The molecule has 184 valence electrons. The molecule has 0 bridgehead atoms. The van der Waals surface area contributed by atoms with E-state index in [4.69, 9.17) is 9.47 Å². The lowest BCUT2D eigenvalue weighted by molar-refractivity contribution is -0.134. The Bertz CT molecular complexity index is 1150. The fourth-order valence-corrected chi connectivity index (χ4v) is 3.45. The van der Waals surface area contributed by atoms with Gasteiger partial charge in [-0.15, -0.1) is 0 Å². The maximum Gasteiger partial charge on any atom is 0.339 e. The summed E-state index contributed by atoms with van der Waals surface area (Å²) in [6, 6.07) is 16.9. The van der Waals surface area contributed by atoms with Gasteiger partial charge in [0.2, 0.25) is 0 Å². The number of carboxylic acids is 1. The van der Waals surface area contributed by atoms with Crippen LogP contribution in [0.2, 0.25) is 0 Å². The first-order valence-corrected chi connectivity index (χ1v) is 11.3. The van der Waals surface area contributed by atoms with E-state index < -0.39 is 17.6 Å². The Balaban J connectivity index is 1.50. The smallest absolute Gasteiger partial charge is 0.339 e. The summed E-state index contributed by atoms with van der Waals surface area (Å²) in [6.45, 7) is 2.45. The van der Waals surface area contributed by atoms with Crippen molar-refractivity contribution in [1.29, 1.82) is 0 Å². The second-order valence-corrected chi connectivity index (χ2v) is 7.88. The third-order valence-corrected chi connectivity index (χ3v) is 5.27. The van der Waals surface area contributed by atoms with Crippen LogP contribution in [0.3, 0.4) is 0 Å². The molecule has 0 saturated carbocycles. The molecule has 0 spiro atoms. The lowest BCUT2D eigenvalue weighted by Gasteiger charge is -2.22. The molecule has 0 aliphatic heterocycles. The van der Waals surface area contributed by atoms with Crippen molar-refractivity contribution in [2.24, 2.45) is 0 Å². The second-order valence-electron chi connectivity index (χ2n) is 7.88. The molecule has 0 atom stereocenters. The van der Waals surface area contributed by atoms with E-state index >= 15 is 0 Å². The largest absolute Gasteiger partial charge is 0.492 e. The normalized spacial score (nSPS) is 10.6. The number of carbonyl (C=O) groups is 2. The average molecular weight is 484 g/mol. The van der Waals surface area contributed by atoms with Gasteiger partial charge in [-0.25, -0.2) is 13.6 Å². The molecule has 0 aromatic heterocycles. The lowest BCUT2D eigenvalue weighted by Crippen LogP contribution is -2.35. The first-order valence-electron chi connectivity index (χ1n) is 11.3. The van der Waals surface area contributed by atoms with Gasteiger partial charge in [0.1, 0.15) is 28.7 Å². The highest BCUT2D eigenvalue weighted by molar-refractivity contribution is 5.90. The molecule has 6 nitrogen and oxygen atoms in total. The van der Waals surface area contributed by atoms with E-state index in [2.05, 4.69) is 0 Å². The molecular formula is C27H27F2NO5. The van der Waals surface area contributed by atoms with Gasteiger partial charge in [-0.1, -0.05) is 37.3 Å². The van der Waals surface area contributed by atoms with Crippen molar-refractivity contribution in [3.63, 3.8) is 0 Å². The minimum atomic E-state index is -1.04. The summed E-state index contributed by atoms with van der Waals surface area (Å²) in [5.41, 5.74) is 1.31. The van der Waals surface area contributed by atoms with Gasteiger partial charge in [-0.3, -0.25) is 4.79 Å². The predicted octanol–water partition coefficient (Wildman–Crippen LogP) is 5.10. The first kappa shape index (κ1) is 25.7. The number of rotatable bonds is 12. The maximum absolute atomic E-state index is 14.0. The van der Waals surface area contributed by atoms with Gasteiger partial charge in [0.25, 0.3) is 5.91 Å². The Morgan fingerprint density at radius 3 is 2.40 bits per heavy atom. The molecule has 0 aliphatic rings. The zero-order chi connectivity index (χ0) is 25.2. The molecule has 0 unspecified atom stereocenters. The van der Waals surface area contributed by atoms with Crippen LogP contribution in [-0.2, 0) is 17.8 Å². The van der Waals surface area contributed by atoms with Crippen LogP contribution in [0, 0.1) is 11.6 Å². The molecular weight excluding hydrogens is 456 g/mol. The van der Waals surface area contributed by atoms with Crippen LogP contribution in [-0.4, -0.2) is 41.6 Å². The van der Waals surface area contributed by atoms with Gasteiger partial charge in [0.05, 0.1) is 6.61 Å². The zero-order valence-electron chi connectivity index (χ0n) is 19.4. The van der Waals surface area contributed by atoms with E-state index in [1.807, 2.05) is 19.1 Å². The number of carboxylic acid groups (broad SMARTS) is 1. The Labute approximate surface area is 202 Å². The van der Waals surface area contributed by atoms with Crippen LogP contribution in [0.4, 0.5) is 8.78 Å². The molecule has 0 fully saturated rings. The van der Waals surface area contributed by atoms with Gasteiger partial charge < -0.3 is 19.5 Å². The monoisotopic (exact) mass is 483 g/mol. The minimum absolute atomic E-state index is 0.0338. The first-order chi connectivity index (χ1) is 16.9. The summed E-state index contributed by atoms with van der Waals surface area (Å²) < 4.78 is 38.4. The number of ether oxygens (including phenoxy) is 2. The van der Waals surface area contributed by atoms with Crippen LogP contribution in [0.5, 0.6) is 11.5 Å². The van der Waals surface area contributed by atoms with Crippen LogP contribution in [0.1, 0.15) is 34.8 Å². The molecule has 8 heteroatoms. The van der Waals surface area contributed by atoms with Gasteiger partial charge in [-0.05, 0) is 42.3 Å².